The van der Waals surface area contributed by atoms with Crippen LogP contribution in [0.15, 0.2) is 37.7 Å². The maximum Gasteiger partial charge on any atom is 0.305 e. The lowest BCUT2D eigenvalue weighted by molar-refractivity contribution is 0.551. The summed E-state index contributed by atoms with van der Waals surface area (Å²) in [5.74, 6) is 0. The van der Waals surface area contributed by atoms with Crippen molar-refractivity contribution in [2.24, 2.45) is 0 Å². The minimum absolute atomic E-state index is 0.0445. The molecule has 21 heavy (non-hydrogen) atoms. The van der Waals surface area contributed by atoms with E-state index >= 15 is 0 Å². The number of halogens is 1. The van der Waals surface area contributed by atoms with Gasteiger partial charge in [-0.25, -0.2) is 13.1 Å². The van der Waals surface area contributed by atoms with E-state index in [4.69, 9.17) is 0 Å². The van der Waals surface area contributed by atoms with E-state index in [0.29, 0.717) is 23.5 Å². The number of aryl methyl sites for hydroxylation is 1. The second kappa shape index (κ2) is 6.43. The van der Waals surface area contributed by atoms with Crippen LogP contribution in [0.1, 0.15) is 30.6 Å². The van der Waals surface area contributed by atoms with Crippen LogP contribution in [0.4, 0.5) is 0 Å². The van der Waals surface area contributed by atoms with E-state index < -0.39 is 10.0 Å². The molecule has 114 valence electrons. The van der Waals surface area contributed by atoms with Crippen LogP contribution in [-0.2, 0) is 10.0 Å². The van der Waals surface area contributed by atoms with Crippen molar-refractivity contribution in [1.82, 2.24) is 9.71 Å². The highest BCUT2D eigenvalue weighted by atomic mass is 79.9. The summed E-state index contributed by atoms with van der Waals surface area (Å²) in [5.41, 5.74) is 1.24. The number of nitrogens with one attached hydrogen (secondary N) is 2. The third-order valence-corrected chi connectivity index (χ3v) is 6.61. The van der Waals surface area contributed by atoms with Gasteiger partial charge in [0.05, 0.1) is 0 Å². The third-order valence-electron chi connectivity index (χ3n) is 3.00. The Morgan fingerprint density at radius 1 is 1.33 bits per heavy atom. The third kappa shape index (κ3) is 3.82. The fourth-order valence-electron chi connectivity index (χ4n) is 1.97. The Balaban J connectivity index is 2.31. The molecule has 0 bridgehead atoms. The Hall–Kier alpha value is -0.960. The van der Waals surface area contributed by atoms with Crippen molar-refractivity contribution in [3.8, 4) is 0 Å². The molecule has 0 aliphatic heterocycles. The Morgan fingerprint density at radius 2 is 1.95 bits per heavy atom. The molecule has 0 saturated carbocycles. The zero-order valence-corrected chi connectivity index (χ0v) is 14.7. The summed E-state index contributed by atoms with van der Waals surface area (Å²) in [7, 11) is -3.71. The van der Waals surface area contributed by atoms with Gasteiger partial charge in [0.15, 0.2) is 4.21 Å². The van der Waals surface area contributed by atoms with Crippen LogP contribution in [0.5, 0.6) is 0 Å². The van der Waals surface area contributed by atoms with Gasteiger partial charge in [-0.2, -0.15) is 0 Å². The molecule has 0 aliphatic carbocycles. The summed E-state index contributed by atoms with van der Waals surface area (Å²) in [6, 6.07) is 7.14. The highest BCUT2D eigenvalue weighted by Crippen LogP contribution is 2.23. The molecule has 1 aromatic carbocycles. The molecular formula is C13H15BrN2O3S2. The van der Waals surface area contributed by atoms with Crippen LogP contribution in [0.2, 0.25) is 0 Å². The van der Waals surface area contributed by atoms with Crippen LogP contribution >= 0.6 is 27.3 Å². The molecule has 0 saturated heterocycles. The van der Waals surface area contributed by atoms with Crippen molar-refractivity contribution in [2.75, 3.05) is 0 Å². The van der Waals surface area contributed by atoms with Crippen LogP contribution in [0, 0.1) is 6.92 Å². The quantitative estimate of drug-likeness (QED) is 0.823. The predicted molar refractivity (Wildman–Crippen MR) is 87.2 cm³/mol. The van der Waals surface area contributed by atoms with Gasteiger partial charge in [-0.1, -0.05) is 46.3 Å². The van der Waals surface area contributed by atoms with Crippen molar-refractivity contribution >= 4 is 37.3 Å². The molecule has 1 unspecified atom stereocenters. The van der Waals surface area contributed by atoms with Crippen LogP contribution in [0.3, 0.4) is 0 Å². The molecule has 1 aromatic heterocycles. The fourth-order valence-corrected chi connectivity index (χ4v) is 4.86. The van der Waals surface area contributed by atoms with Crippen LogP contribution in [0.25, 0.3) is 0 Å². The van der Waals surface area contributed by atoms with Gasteiger partial charge in [-0.3, -0.25) is 4.79 Å². The molecule has 0 radical (unpaired) electrons. The van der Waals surface area contributed by atoms with E-state index in [2.05, 4.69) is 25.6 Å². The Labute approximate surface area is 135 Å². The number of rotatable bonds is 5. The first-order chi connectivity index (χ1) is 9.83. The second-order valence-corrected chi connectivity index (χ2v) is 8.37. The summed E-state index contributed by atoms with van der Waals surface area (Å²) in [4.78, 5) is 13.4. The SMILES string of the molecule is CCC(NS(=O)(=O)c1sc(=O)[nH]c1C)c1ccc(Br)cc1. The van der Waals surface area contributed by atoms with Gasteiger partial charge in [0.1, 0.15) is 0 Å². The number of aromatic amines is 1. The molecule has 1 heterocycles. The number of hydrogen-bond donors (Lipinski definition) is 2. The Kier molecular flexibility index (Phi) is 5.03. The molecule has 0 aliphatic rings. The van der Waals surface area contributed by atoms with Crippen LogP contribution in [-0.4, -0.2) is 13.4 Å². The van der Waals surface area contributed by atoms with Crippen molar-refractivity contribution in [2.45, 2.75) is 30.5 Å². The number of hydrogen-bond acceptors (Lipinski definition) is 4. The van der Waals surface area contributed by atoms with E-state index in [1.165, 1.54) is 0 Å². The summed E-state index contributed by atoms with van der Waals surface area (Å²) in [6.45, 7) is 3.48. The van der Waals surface area contributed by atoms with Gasteiger partial charge in [0.2, 0.25) is 0 Å². The first-order valence-corrected chi connectivity index (χ1v) is 9.40. The minimum atomic E-state index is -3.71. The van der Waals surface area contributed by atoms with Gasteiger partial charge in [-0.15, -0.1) is 0 Å². The van der Waals surface area contributed by atoms with Gasteiger partial charge in [0, 0.05) is 16.2 Å². The molecule has 0 fully saturated rings. The smallest absolute Gasteiger partial charge is 0.305 e. The van der Waals surface area contributed by atoms with Crippen LogP contribution < -0.4 is 9.60 Å². The molecule has 2 rings (SSSR count). The average molecular weight is 391 g/mol. The van der Waals surface area contributed by atoms with Crippen molar-refractivity contribution in [3.63, 3.8) is 0 Å². The molecule has 5 nitrogen and oxygen atoms in total. The lowest BCUT2D eigenvalue weighted by Crippen LogP contribution is -2.28. The minimum Gasteiger partial charge on any atom is -0.315 e. The monoisotopic (exact) mass is 390 g/mol. The summed E-state index contributed by atoms with van der Waals surface area (Å²) >= 11 is 4.05. The lowest BCUT2D eigenvalue weighted by Gasteiger charge is -2.17. The second-order valence-electron chi connectivity index (χ2n) is 4.56. The zero-order chi connectivity index (χ0) is 15.6. The summed E-state index contributed by atoms with van der Waals surface area (Å²) in [5, 5.41) is 0. The maximum absolute atomic E-state index is 12.4. The summed E-state index contributed by atoms with van der Waals surface area (Å²) < 4.78 is 28.5. The van der Waals surface area contributed by atoms with E-state index in [1.54, 1.807) is 6.92 Å². The average Bonchev–Trinajstić information content (AvgIpc) is 2.77. The largest absolute Gasteiger partial charge is 0.315 e. The molecule has 2 aromatic rings. The topological polar surface area (TPSA) is 79.0 Å². The molecule has 0 spiro atoms. The molecular weight excluding hydrogens is 376 g/mol. The number of thiazole rings is 1. The van der Waals surface area contributed by atoms with Gasteiger partial charge >= 0.3 is 4.87 Å². The normalized spacial score (nSPS) is 13.3. The first-order valence-electron chi connectivity index (χ1n) is 6.31. The van der Waals surface area contributed by atoms with E-state index in [9.17, 15) is 13.2 Å². The standard InChI is InChI=1S/C13H15BrN2O3S2/c1-3-11(9-4-6-10(14)7-5-9)16-21(18,19)12-8(2)15-13(17)20-12/h4-7,11,16H,3H2,1-2H3,(H,15,17). The Morgan fingerprint density at radius 3 is 2.43 bits per heavy atom. The molecule has 8 heteroatoms. The van der Waals surface area contributed by atoms with Gasteiger partial charge < -0.3 is 4.98 Å². The predicted octanol–water partition coefficient (Wildman–Crippen LogP) is 2.94. The fraction of sp³-hybridized carbons (Fsp3) is 0.308. The zero-order valence-electron chi connectivity index (χ0n) is 11.5. The van der Waals surface area contributed by atoms with Crippen molar-refractivity contribution in [1.29, 1.82) is 0 Å². The first kappa shape index (κ1) is 16.4. The highest BCUT2D eigenvalue weighted by Gasteiger charge is 2.24. The maximum atomic E-state index is 12.4. The lowest BCUT2D eigenvalue weighted by atomic mass is 10.1. The molecule has 1 atom stereocenters. The van der Waals surface area contributed by atoms with Crippen molar-refractivity contribution in [3.05, 3.63) is 49.7 Å². The highest BCUT2D eigenvalue weighted by molar-refractivity contribution is 9.10. The number of H-pyrrole nitrogens is 1. The Bertz CT molecular complexity index is 778. The number of aromatic nitrogens is 1. The van der Waals surface area contributed by atoms with Gasteiger partial charge in [0.25, 0.3) is 10.0 Å². The molecule has 2 N–H and O–H groups in total. The van der Waals surface area contributed by atoms with Gasteiger partial charge in [-0.05, 0) is 31.0 Å². The van der Waals surface area contributed by atoms with Crippen molar-refractivity contribution < 1.29 is 8.42 Å². The number of benzene rings is 1. The van der Waals surface area contributed by atoms with E-state index in [-0.39, 0.29) is 15.1 Å². The van der Waals surface area contributed by atoms with E-state index in [0.717, 1.165) is 10.0 Å². The molecule has 0 amide bonds. The number of sulfonamides is 1. The van der Waals surface area contributed by atoms with E-state index in [1.807, 2.05) is 31.2 Å². The summed E-state index contributed by atoms with van der Waals surface area (Å²) in [6.07, 6.45) is 0.610.